The van der Waals surface area contributed by atoms with Gasteiger partial charge >= 0.3 is 0 Å². The van der Waals surface area contributed by atoms with Crippen LogP contribution in [0.4, 0.5) is 0 Å². The molecule has 0 fully saturated rings. The molecule has 2 aliphatic heterocycles. The molecule has 2 heterocycles. The molecule has 0 bridgehead atoms. The van der Waals surface area contributed by atoms with Crippen molar-refractivity contribution >= 4 is 0 Å². The molecule has 7 rings (SSSR count). The highest BCUT2D eigenvalue weighted by Gasteiger charge is 2.53. The van der Waals surface area contributed by atoms with Crippen molar-refractivity contribution in [3.8, 4) is 33.8 Å². The Morgan fingerprint density at radius 2 is 1.07 bits per heavy atom. The monoisotopic (exact) mass is 366 g/mol. The third-order valence-corrected chi connectivity index (χ3v) is 7.79. The van der Waals surface area contributed by atoms with Crippen LogP contribution < -0.4 is 9.47 Å². The lowest BCUT2D eigenvalue weighted by Gasteiger charge is -2.38. The quantitative estimate of drug-likeness (QED) is 0.499. The molecule has 0 spiro atoms. The first kappa shape index (κ1) is 15.2. The van der Waals surface area contributed by atoms with Crippen molar-refractivity contribution in [2.75, 3.05) is 13.2 Å². The standard InChI is InChI=1S/C26H22O2/c1-25-11-13-27-23-20-16-8-4-6-10-18(16)26(2)12-14-28-24(22(20)26)19(21(23)25)15-7-3-5-9-17(15)25/h3-10H,11-14H2,1-2H3/t25-,26+. The Kier molecular flexibility index (Phi) is 2.51. The van der Waals surface area contributed by atoms with E-state index in [-0.39, 0.29) is 10.8 Å². The van der Waals surface area contributed by atoms with Gasteiger partial charge in [-0.15, -0.1) is 0 Å². The fourth-order valence-electron chi connectivity index (χ4n) is 6.43. The Bertz CT molecular complexity index is 1110. The lowest BCUT2D eigenvalue weighted by molar-refractivity contribution is 0.235. The number of rotatable bonds is 0. The molecular formula is C26H22O2. The van der Waals surface area contributed by atoms with Crippen LogP contribution in [0.15, 0.2) is 48.5 Å². The van der Waals surface area contributed by atoms with Gasteiger partial charge in [-0.1, -0.05) is 62.4 Å². The molecule has 3 aromatic rings. The minimum absolute atomic E-state index is 0.000216. The SMILES string of the molecule is C[C@@]12CCOc3c4c5c(c(c31)-c1ccccc12)OCC[C@]5(C)c1ccccc1-4. The summed E-state index contributed by atoms with van der Waals surface area (Å²) in [5.41, 5.74) is 10.8. The predicted molar refractivity (Wildman–Crippen MR) is 110 cm³/mol. The minimum atomic E-state index is -0.000216. The average Bonchev–Trinajstić information content (AvgIpc) is 3.15. The van der Waals surface area contributed by atoms with Crippen LogP contribution in [-0.4, -0.2) is 13.2 Å². The summed E-state index contributed by atoms with van der Waals surface area (Å²) < 4.78 is 12.9. The van der Waals surface area contributed by atoms with Gasteiger partial charge in [0.2, 0.25) is 0 Å². The molecule has 0 saturated carbocycles. The van der Waals surface area contributed by atoms with Gasteiger partial charge in [-0.05, 0) is 35.1 Å². The zero-order valence-corrected chi connectivity index (χ0v) is 16.3. The highest BCUT2D eigenvalue weighted by atomic mass is 16.5. The topological polar surface area (TPSA) is 18.5 Å². The number of hydrogen-bond acceptors (Lipinski definition) is 2. The van der Waals surface area contributed by atoms with E-state index in [2.05, 4.69) is 62.4 Å². The lowest BCUT2D eigenvalue weighted by Crippen LogP contribution is -2.31. The Labute approximate surface area is 165 Å². The van der Waals surface area contributed by atoms with Crippen molar-refractivity contribution in [2.45, 2.75) is 37.5 Å². The normalized spacial score (nSPS) is 27.2. The smallest absolute Gasteiger partial charge is 0.132 e. The first-order valence-corrected chi connectivity index (χ1v) is 10.3. The van der Waals surface area contributed by atoms with Gasteiger partial charge in [-0.25, -0.2) is 0 Å². The fourth-order valence-corrected chi connectivity index (χ4v) is 6.43. The first-order valence-electron chi connectivity index (χ1n) is 10.3. The van der Waals surface area contributed by atoms with E-state index in [1.165, 1.54) is 44.5 Å². The van der Waals surface area contributed by atoms with Crippen LogP contribution in [0.1, 0.15) is 48.9 Å². The molecular weight excluding hydrogens is 344 g/mol. The molecule has 0 amide bonds. The molecule has 0 N–H and O–H groups in total. The van der Waals surface area contributed by atoms with E-state index in [0.717, 1.165) is 37.6 Å². The van der Waals surface area contributed by atoms with Gasteiger partial charge in [0.1, 0.15) is 11.5 Å². The van der Waals surface area contributed by atoms with Crippen LogP contribution in [0.2, 0.25) is 0 Å². The van der Waals surface area contributed by atoms with E-state index in [9.17, 15) is 0 Å². The summed E-state index contributed by atoms with van der Waals surface area (Å²) in [6.07, 6.45) is 2.03. The van der Waals surface area contributed by atoms with E-state index in [1.807, 2.05) is 0 Å². The average molecular weight is 366 g/mol. The van der Waals surface area contributed by atoms with E-state index < -0.39 is 0 Å². The van der Waals surface area contributed by atoms with Crippen molar-refractivity contribution in [3.05, 3.63) is 70.8 Å². The van der Waals surface area contributed by atoms with E-state index in [4.69, 9.17) is 9.47 Å². The maximum absolute atomic E-state index is 6.47. The zero-order valence-electron chi connectivity index (χ0n) is 16.3. The molecule has 0 unspecified atom stereocenters. The molecule has 2 heteroatoms. The summed E-state index contributed by atoms with van der Waals surface area (Å²) in [7, 11) is 0. The fraction of sp³-hybridized carbons (Fsp3) is 0.308. The molecule has 4 aliphatic rings. The van der Waals surface area contributed by atoms with E-state index in [1.54, 1.807) is 0 Å². The number of hydrogen-bond donors (Lipinski definition) is 0. The second-order valence-corrected chi connectivity index (χ2v) is 9.11. The van der Waals surface area contributed by atoms with Crippen LogP contribution in [0.5, 0.6) is 11.5 Å². The van der Waals surface area contributed by atoms with E-state index in [0.29, 0.717) is 0 Å². The minimum Gasteiger partial charge on any atom is -0.493 e. The molecule has 0 saturated heterocycles. The summed E-state index contributed by atoms with van der Waals surface area (Å²) in [5, 5.41) is 0. The molecule has 28 heavy (non-hydrogen) atoms. The Hall–Kier alpha value is -2.74. The molecule has 2 atom stereocenters. The van der Waals surface area contributed by atoms with Gasteiger partial charge < -0.3 is 9.47 Å². The zero-order chi connectivity index (χ0) is 18.7. The van der Waals surface area contributed by atoms with Crippen LogP contribution in [-0.2, 0) is 10.8 Å². The Morgan fingerprint density at radius 3 is 1.54 bits per heavy atom. The van der Waals surface area contributed by atoms with Gasteiger partial charge in [0.05, 0.1) is 13.2 Å². The number of benzene rings is 3. The van der Waals surface area contributed by atoms with Crippen LogP contribution in [0.3, 0.4) is 0 Å². The van der Waals surface area contributed by atoms with Gasteiger partial charge in [0, 0.05) is 33.1 Å². The molecule has 0 radical (unpaired) electrons. The van der Waals surface area contributed by atoms with Crippen molar-refractivity contribution < 1.29 is 9.47 Å². The Morgan fingerprint density at radius 1 is 0.643 bits per heavy atom. The van der Waals surface area contributed by atoms with Crippen molar-refractivity contribution in [1.82, 2.24) is 0 Å². The largest absolute Gasteiger partial charge is 0.493 e. The molecule has 2 nitrogen and oxygen atoms in total. The Balaban J connectivity index is 1.72. The number of ether oxygens (including phenoxy) is 2. The van der Waals surface area contributed by atoms with Gasteiger partial charge in [0.25, 0.3) is 0 Å². The summed E-state index contributed by atoms with van der Waals surface area (Å²) in [5.74, 6) is 2.22. The summed E-state index contributed by atoms with van der Waals surface area (Å²) >= 11 is 0. The molecule has 0 aromatic heterocycles. The second-order valence-electron chi connectivity index (χ2n) is 9.11. The van der Waals surface area contributed by atoms with Crippen molar-refractivity contribution in [2.24, 2.45) is 0 Å². The molecule has 3 aromatic carbocycles. The lowest BCUT2D eigenvalue weighted by atomic mass is 9.72. The molecule has 2 aliphatic carbocycles. The van der Waals surface area contributed by atoms with Crippen LogP contribution >= 0.6 is 0 Å². The maximum Gasteiger partial charge on any atom is 0.132 e. The molecule has 138 valence electrons. The third kappa shape index (κ3) is 1.45. The van der Waals surface area contributed by atoms with Crippen LogP contribution in [0, 0.1) is 0 Å². The van der Waals surface area contributed by atoms with Crippen molar-refractivity contribution in [3.63, 3.8) is 0 Å². The summed E-state index contributed by atoms with van der Waals surface area (Å²) in [6.45, 7) is 6.32. The first-order chi connectivity index (χ1) is 13.6. The van der Waals surface area contributed by atoms with Crippen LogP contribution in [0.25, 0.3) is 22.3 Å². The number of fused-ring (bicyclic) bond motifs is 8. The van der Waals surface area contributed by atoms with E-state index >= 15 is 0 Å². The summed E-state index contributed by atoms with van der Waals surface area (Å²) in [6, 6.07) is 17.8. The third-order valence-electron chi connectivity index (χ3n) is 7.79. The van der Waals surface area contributed by atoms with Gasteiger partial charge in [-0.2, -0.15) is 0 Å². The van der Waals surface area contributed by atoms with Crippen molar-refractivity contribution in [1.29, 1.82) is 0 Å². The highest BCUT2D eigenvalue weighted by Crippen LogP contribution is 2.68. The second kappa shape index (κ2) is 4.63. The predicted octanol–water partition coefficient (Wildman–Crippen LogP) is 5.82. The maximum atomic E-state index is 6.47. The summed E-state index contributed by atoms with van der Waals surface area (Å²) in [4.78, 5) is 0. The highest BCUT2D eigenvalue weighted by molar-refractivity contribution is 5.99. The van der Waals surface area contributed by atoms with Gasteiger partial charge in [-0.3, -0.25) is 0 Å². The van der Waals surface area contributed by atoms with Gasteiger partial charge in [0.15, 0.2) is 0 Å².